The van der Waals surface area contributed by atoms with E-state index in [2.05, 4.69) is 31.0 Å². The van der Waals surface area contributed by atoms with Crippen LogP contribution in [0.3, 0.4) is 0 Å². The molecule has 0 fully saturated rings. The second-order valence-electron chi connectivity index (χ2n) is 4.79. The van der Waals surface area contributed by atoms with E-state index < -0.39 is 0 Å². The lowest BCUT2D eigenvalue weighted by Gasteiger charge is -2.32. The third-order valence-corrected chi connectivity index (χ3v) is 3.54. The summed E-state index contributed by atoms with van der Waals surface area (Å²) in [4.78, 5) is 2.34. The van der Waals surface area contributed by atoms with E-state index in [0.717, 1.165) is 24.3 Å². The standard InChI is InChI=1S/C14H21NO2/c1-4-17-14-7-12-8-15(3)10(2)5-11(12)6-13(14)9-16/h6-7,10,16H,4-5,8-9H2,1-3H3. The Morgan fingerprint density at radius 1 is 1.41 bits per heavy atom. The quantitative estimate of drug-likeness (QED) is 0.869. The van der Waals surface area contributed by atoms with Crippen molar-refractivity contribution in [3.05, 3.63) is 28.8 Å². The van der Waals surface area contributed by atoms with Crippen LogP contribution in [0.2, 0.25) is 0 Å². The van der Waals surface area contributed by atoms with Crippen LogP contribution in [0.1, 0.15) is 30.5 Å². The Morgan fingerprint density at radius 3 is 2.82 bits per heavy atom. The van der Waals surface area contributed by atoms with Gasteiger partial charge in [-0.3, -0.25) is 4.90 Å². The Balaban J connectivity index is 2.37. The fraction of sp³-hybridized carbons (Fsp3) is 0.571. The molecular weight excluding hydrogens is 214 g/mol. The number of aliphatic hydroxyl groups excluding tert-OH is 1. The van der Waals surface area contributed by atoms with Gasteiger partial charge in [-0.05, 0) is 50.6 Å². The average molecular weight is 235 g/mol. The number of rotatable bonds is 3. The van der Waals surface area contributed by atoms with Gasteiger partial charge in [0.25, 0.3) is 0 Å². The van der Waals surface area contributed by atoms with Crippen molar-refractivity contribution in [2.45, 2.75) is 39.5 Å². The lowest BCUT2D eigenvalue weighted by Crippen LogP contribution is -2.35. The first-order valence-electron chi connectivity index (χ1n) is 6.24. The second-order valence-corrected chi connectivity index (χ2v) is 4.79. The van der Waals surface area contributed by atoms with Gasteiger partial charge in [-0.2, -0.15) is 0 Å². The maximum atomic E-state index is 9.37. The van der Waals surface area contributed by atoms with Crippen molar-refractivity contribution < 1.29 is 9.84 Å². The van der Waals surface area contributed by atoms with Gasteiger partial charge >= 0.3 is 0 Å². The molecule has 3 heteroatoms. The first-order chi connectivity index (χ1) is 8.15. The minimum atomic E-state index is 0.0484. The van der Waals surface area contributed by atoms with Crippen LogP contribution >= 0.6 is 0 Å². The number of aliphatic hydroxyl groups is 1. The summed E-state index contributed by atoms with van der Waals surface area (Å²) in [6.45, 7) is 5.85. The van der Waals surface area contributed by atoms with Gasteiger partial charge in [0, 0.05) is 18.2 Å². The summed E-state index contributed by atoms with van der Waals surface area (Å²) < 4.78 is 5.58. The highest BCUT2D eigenvalue weighted by Gasteiger charge is 2.21. The molecule has 1 aromatic rings. The summed E-state index contributed by atoms with van der Waals surface area (Å²) in [5, 5.41) is 9.37. The van der Waals surface area contributed by atoms with E-state index in [1.54, 1.807) is 0 Å². The molecule has 0 bridgehead atoms. The van der Waals surface area contributed by atoms with Crippen molar-refractivity contribution in [1.29, 1.82) is 0 Å². The molecule has 2 rings (SSSR count). The summed E-state index contributed by atoms with van der Waals surface area (Å²) in [6, 6.07) is 4.75. The number of hydrogen-bond acceptors (Lipinski definition) is 3. The SMILES string of the molecule is CCOc1cc2c(cc1CO)CC(C)N(C)C2. The van der Waals surface area contributed by atoms with Gasteiger partial charge in [0.2, 0.25) is 0 Å². The highest BCUT2D eigenvalue weighted by molar-refractivity contribution is 5.44. The van der Waals surface area contributed by atoms with Gasteiger partial charge in [-0.25, -0.2) is 0 Å². The first-order valence-corrected chi connectivity index (χ1v) is 6.24. The zero-order valence-electron chi connectivity index (χ0n) is 10.9. The van der Waals surface area contributed by atoms with Crippen LogP contribution in [-0.2, 0) is 19.6 Å². The van der Waals surface area contributed by atoms with Crippen molar-refractivity contribution in [2.24, 2.45) is 0 Å². The second kappa shape index (κ2) is 5.07. The monoisotopic (exact) mass is 235 g/mol. The molecule has 94 valence electrons. The number of ether oxygens (including phenoxy) is 1. The highest BCUT2D eigenvalue weighted by atomic mass is 16.5. The normalized spacial score (nSPS) is 20.1. The molecule has 0 aliphatic carbocycles. The van der Waals surface area contributed by atoms with E-state index in [-0.39, 0.29) is 6.61 Å². The van der Waals surface area contributed by atoms with E-state index in [1.807, 2.05) is 6.92 Å². The summed E-state index contributed by atoms with van der Waals surface area (Å²) in [7, 11) is 2.15. The lowest BCUT2D eigenvalue weighted by atomic mass is 9.93. The fourth-order valence-electron chi connectivity index (χ4n) is 2.37. The van der Waals surface area contributed by atoms with Gasteiger partial charge in [0.1, 0.15) is 5.75 Å². The predicted octanol–water partition coefficient (Wildman–Crippen LogP) is 1.95. The molecule has 3 nitrogen and oxygen atoms in total. The highest BCUT2D eigenvalue weighted by Crippen LogP contribution is 2.29. The Bertz CT molecular complexity index is 403. The molecule has 0 saturated heterocycles. The molecule has 1 N–H and O–H groups in total. The van der Waals surface area contributed by atoms with Gasteiger partial charge in [0.15, 0.2) is 0 Å². The zero-order chi connectivity index (χ0) is 12.4. The van der Waals surface area contributed by atoms with Crippen molar-refractivity contribution >= 4 is 0 Å². The molecule has 1 heterocycles. The first kappa shape index (κ1) is 12.4. The predicted molar refractivity (Wildman–Crippen MR) is 68.2 cm³/mol. The van der Waals surface area contributed by atoms with E-state index in [0.29, 0.717) is 12.6 Å². The minimum absolute atomic E-state index is 0.0484. The maximum Gasteiger partial charge on any atom is 0.125 e. The number of benzene rings is 1. The van der Waals surface area contributed by atoms with Crippen molar-refractivity contribution in [2.75, 3.05) is 13.7 Å². The molecule has 0 spiro atoms. The van der Waals surface area contributed by atoms with Crippen LogP contribution in [0.15, 0.2) is 12.1 Å². The van der Waals surface area contributed by atoms with Gasteiger partial charge in [0.05, 0.1) is 13.2 Å². The third-order valence-electron chi connectivity index (χ3n) is 3.54. The van der Waals surface area contributed by atoms with Crippen LogP contribution in [0.25, 0.3) is 0 Å². The number of hydrogen-bond donors (Lipinski definition) is 1. The van der Waals surface area contributed by atoms with Crippen LogP contribution in [0.5, 0.6) is 5.75 Å². The van der Waals surface area contributed by atoms with E-state index >= 15 is 0 Å². The summed E-state index contributed by atoms with van der Waals surface area (Å²) >= 11 is 0. The molecule has 0 saturated carbocycles. The van der Waals surface area contributed by atoms with Crippen LogP contribution < -0.4 is 4.74 Å². The Morgan fingerprint density at radius 2 is 2.18 bits per heavy atom. The summed E-state index contributed by atoms with van der Waals surface area (Å²) in [5.74, 6) is 0.830. The number of likely N-dealkylation sites (N-methyl/N-ethyl adjacent to an activating group) is 1. The summed E-state index contributed by atoms with van der Waals surface area (Å²) in [5.41, 5.74) is 3.58. The minimum Gasteiger partial charge on any atom is -0.493 e. The van der Waals surface area contributed by atoms with Crippen LogP contribution in [0.4, 0.5) is 0 Å². The average Bonchev–Trinajstić information content (AvgIpc) is 2.31. The summed E-state index contributed by atoms with van der Waals surface area (Å²) in [6.07, 6.45) is 1.05. The lowest BCUT2D eigenvalue weighted by molar-refractivity contribution is 0.228. The molecular formula is C14H21NO2. The molecule has 1 aliphatic heterocycles. The largest absolute Gasteiger partial charge is 0.493 e. The Kier molecular flexibility index (Phi) is 3.69. The van der Waals surface area contributed by atoms with Gasteiger partial charge < -0.3 is 9.84 Å². The van der Waals surface area contributed by atoms with Crippen molar-refractivity contribution in [3.8, 4) is 5.75 Å². The van der Waals surface area contributed by atoms with E-state index in [9.17, 15) is 5.11 Å². The Hall–Kier alpha value is -1.06. The van der Waals surface area contributed by atoms with E-state index in [4.69, 9.17) is 4.74 Å². The molecule has 1 unspecified atom stereocenters. The third kappa shape index (κ3) is 2.45. The van der Waals surface area contributed by atoms with Crippen LogP contribution in [0, 0.1) is 0 Å². The molecule has 0 aromatic heterocycles. The molecule has 1 aliphatic rings. The smallest absolute Gasteiger partial charge is 0.125 e. The molecule has 1 aromatic carbocycles. The molecule has 17 heavy (non-hydrogen) atoms. The number of nitrogens with zero attached hydrogens (tertiary/aromatic N) is 1. The van der Waals surface area contributed by atoms with Crippen molar-refractivity contribution in [3.63, 3.8) is 0 Å². The number of fused-ring (bicyclic) bond motifs is 1. The zero-order valence-corrected chi connectivity index (χ0v) is 10.9. The van der Waals surface area contributed by atoms with Crippen molar-refractivity contribution in [1.82, 2.24) is 4.90 Å². The Labute approximate surface area is 103 Å². The van der Waals surface area contributed by atoms with Crippen LogP contribution in [-0.4, -0.2) is 29.7 Å². The molecule has 1 atom stereocenters. The van der Waals surface area contributed by atoms with Gasteiger partial charge in [-0.1, -0.05) is 0 Å². The van der Waals surface area contributed by atoms with Gasteiger partial charge in [-0.15, -0.1) is 0 Å². The van der Waals surface area contributed by atoms with E-state index in [1.165, 1.54) is 11.1 Å². The maximum absolute atomic E-state index is 9.37. The molecule has 0 radical (unpaired) electrons. The fourth-order valence-corrected chi connectivity index (χ4v) is 2.37. The topological polar surface area (TPSA) is 32.7 Å². The molecule has 0 amide bonds.